The van der Waals surface area contributed by atoms with Gasteiger partial charge in [-0.05, 0) is 36.8 Å². The maximum absolute atomic E-state index is 12.5. The number of benzene rings is 2. The molecular formula is C18H18Cl2N2O4S. The molecule has 1 amide bonds. The fourth-order valence-corrected chi connectivity index (χ4v) is 3.85. The smallest absolute Gasteiger partial charge is 0.243 e. The number of ketones is 1. The Morgan fingerprint density at radius 3 is 2.26 bits per heavy atom. The second-order valence-electron chi connectivity index (χ2n) is 5.85. The first-order valence-electron chi connectivity index (χ1n) is 7.89. The topological polar surface area (TPSA) is 83.6 Å². The molecule has 0 aliphatic rings. The molecule has 2 aromatic rings. The number of nitrogens with zero attached hydrogens (tertiary/aromatic N) is 1. The molecule has 0 saturated heterocycles. The van der Waals surface area contributed by atoms with E-state index in [2.05, 4.69) is 5.32 Å². The molecule has 6 nitrogen and oxygen atoms in total. The van der Waals surface area contributed by atoms with Crippen LogP contribution >= 0.6 is 23.2 Å². The van der Waals surface area contributed by atoms with E-state index in [9.17, 15) is 18.0 Å². The summed E-state index contributed by atoms with van der Waals surface area (Å²) in [5.74, 6) is -0.639. The van der Waals surface area contributed by atoms with Crippen molar-refractivity contribution < 1.29 is 18.0 Å². The van der Waals surface area contributed by atoms with Gasteiger partial charge >= 0.3 is 0 Å². The Hall–Kier alpha value is -1.93. The van der Waals surface area contributed by atoms with Gasteiger partial charge in [-0.2, -0.15) is 4.31 Å². The number of amides is 1. The normalized spacial score (nSPS) is 11.4. The van der Waals surface area contributed by atoms with Crippen LogP contribution < -0.4 is 5.32 Å². The predicted molar refractivity (Wildman–Crippen MR) is 105 cm³/mol. The van der Waals surface area contributed by atoms with Gasteiger partial charge in [-0.15, -0.1) is 0 Å². The quantitative estimate of drug-likeness (QED) is 0.686. The van der Waals surface area contributed by atoms with Crippen molar-refractivity contribution in [2.75, 3.05) is 13.6 Å². The van der Waals surface area contributed by atoms with E-state index in [1.165, 1.54) is 38.2 Å². The first-order chi connectivity index (χ1) is 12.6. The van der Waals surface area contributed by atoms with Crippen LogP contribution in [0.2, 0.25) is 10.0 Å². The molecule has 144 valence electrons. The highest BCUT2D eigenvalue weighted by Crippen LogP contribution is 2.21. The molecule has 0 aliphatic heterocycles. The van der Waals surface area contributed by atoms with Crippen molar-refractivity contribution in [3.8, 4) is 0 Å². The van der Waals surface area contributed by atoms with Crippen molar-refractivity contribution in [1.82, 2.24) is 9.62 Å². The third-order valence-corrected chi connectivity index (χ3v) is 6.23. The summed E-state index contributed by atoms with van der Waals surface area (Å²) in [6.07, 6.45) is 0. The summed E-state index contributed by atoms with van der Waals surface area (Å²) >= 11 is 11.9. The molecule has 0 radical (unpaired) electrons. The van der Waals surface area contributed by atoms with Crippen LogP contribution in [0.5, 0.6) is 0 Å². The molecule has 0 aliphatic carbocycles. The third-order valence-electron chi connectivity index (χ3n) is 3.83. The minimum atomic E-state index is -3.86. The van der Waals surface area contributed by atoms with Crippen molar-refractivity contribution >= 4 is 44.9 Å². The molecule has 0 saturated carbocycles. The van der Waals surface area contributed by atoms with Crippen LogP contribution in [0.1, 0.15) is 22.8 Å². The minimum absolute atomic E-state index is 0.00328. The van der Waals surface area contributed by atoms with Crippen molar-refractivity contribution in [1.29, 1.82) is 0 Å². The maximum Gasteiger partial charge on any atom is 0.243 e. The number of hydrogen-bond donors (Lipinski definition) is 1. The molecule has 0 bridgehead atoms. The minimum Gasteiger partial charge on any atom is -0.351 e. The zero-order valence-electron chi connectivity index (χ0n) is 14.7. The highest BCUT2D eigenvalue weighted by atomic mass is 35.5. The fraction of sp³-hybridized carbons (Fsp3) is 0.222. The molecule has 0 fully saturated rings. The third kappa shape index (κ3) is 5.52. The molecular weight excluding hydrogens is 411 g/mol. The van der Waals surface area contributed by atoms with Gasteiger partial charge in [-0.1, -0.05) is 41.4 Å². The van der Waals surface area contributed by atoms with Gasteiger partial charge in [-0.3, -0.25) is 9.59 Å². The Balaban J connectivity index is 2.00. The SMILES string of the molecule is CC(=O)c1ccc(S(=O)(=O)N(C)CC(=O)NCc2ccc(Cl)cc2Cl)cc1. The monoisotopic (exact) mass is 428 g/mol. The maximum atomic E-state index is 12.5. The molecule has 2 aromatic carbocycles. The summed E-state index contributed by atoms with van der Waals surface area (Å²) in [6.45, 7) is 1.19. The molecule has 0 unspecified atom stereocenters. The molecule has 2 rings (SSSR count). The number of Topliss-reactive ketones (excluding diaryl/α,β-unsaturated/α-hetero) is 1. The lowest BCUT2D eigenvalue weighted by atomic mass is 10.2. The van der Waals surface area contributed by atoms with Crippen LogP contribution in [-0.4, -0.2) is 38.0 Å². The average Bonchev–Trinajstić information content (AvgIpc) is 2.61. The van der Waals surface area contributed by atoms with Gasteiger partial charge in [0, 0.05) is 29.2 Å². The Morgan fingerprint density at radius 2 is 1.70 bits per heavy atom. The molecule has 9 heteroatoms. The lowest BCUT2D eigenvalue weighted by Gasteiger charge is -2.17. The number of carbonyl (C=O) groups is 2. The van der Waals surface area contributed by atoms with Crippen LogP contribution in [-0.2, 0) is 21.4 Å². The fourth-order valence-electron chi connectivity index (χ4n) is 2.24. The molecule has 0 spiro atoms. The number of carbonyl (C=O) groups excluding carboxylic acids is 2. The van der Waals surface area contributed by atoms with Crippen molar-refractivity contribution in [3.63, 3.8) is 0 Å². The van der Waals surface area contributed by atoms with Crippen LogP contribution in [0.4, 0.5) is 0 Å². The van der Waals surface area contributed by atoms with E-state index < -0.39 is 15.9 Å². The van der Waals surface area contributed by atoms with Crippen LogP contribution in [0, 0.1) is 0 Å². The van der Waals surface area contributed by atoms with Gasteiger partial charge in [0.15, 0.2) is 5.78 Å². The summed E-state index contributed by atoms with van der Waals surface area (Å²) < 4.78 is 26.0. The van der Waals surface area contributed by atoms with E-state index in [4.69, 9.17) is 23.2 Å². The number of nitrogens with one attached hydrogen (secondary N) is 1. The molecule has 0 atom stereocenters. The van der Waals surface area contributed by atoms with E-state index >= 15 is 0 Å². The Kier molecular flexibility index (Phi) is 7.00. The number of halogens is 2. The van der Waals surface area contributed by atoms with E-state index in [0.717, 1.165) is 4.31 Å². The second-order valence-corrected chi connectivity index (χ2v) is 8.74. The summed E-state index contributed by atoms with van der Waals surface area (Å²) in [5, 5.41) is 3.51. The summed E-state index contributed by atoms with van der Waals surface area (Å²) in [5.41, 5.74) is 1.08. The first-order valence-corrected chi connectivity index (χ1v) is 10.1. The summed E-state index contributed by atoms with van der Waals surface area (Å²) in [6, 6.07) is 10.4. The van der Waals surface area contributed by atoms with Gasteiger partial charge in [0.25, 0.3) is 0 Å². The Bertz CT molecular complexity index is 960. The lowest BCUT2D eigenvalue weighted by molar-refractivity contribution is -0.121. The van der Waals surface area contributed by atoms with Gasteiger partial charge in [0.2, 0.25) is 15.9 Å². The lowest BCUT2D eigenvalue weighted by Crippen LogP contribution is -2.38. The highest BCUT2D eigenvalue weighted by Gasteiger charge is 2.23. The van der Waals surface area contributed by atoms with Gasteiger partial charge < -0.3 is 5.32 Å². The number of sulfonamides is 1. The largest absolute Gasteiger partial charge is 0.351 e. The van der Waals surface area contributed by atoms with Gasteiger partial charge in [0.1, 0.15) is 0 Å². The predicted octanol–water partition coefficient (Wildman–Crippen LogP) is 3.13. The average molecular weight is 429 g/mol. The highest BCUT2D eigenvalue weighted by molar-refractivity contribution is 7.89. The van der Waals surface area contributed by atoms with Crippen molar-refractivity contribution in [3.05, 3.63) is 63.6 Å². The Morgan fingerprint density at radius 1 is 1.07 bits per heavy atom. The van der Waals surface area contributed by atoms with Crippen LogP contribution in [0.25, 0.3) is 0 Å². The van der Waals surface area contributed by atoms with Crippen molar-refractivity contribution in [2.24, 2.45) is 0 Å². The van der Waals surface area contributed by atoms with E-state index in [1.807, 2.05) is 0 Å². The van der Waals surface area contributed by atoms with Crippen LogP contribution in [0.15, 0.2) is 47.4 Å². The molecule has 0 heterocycles. The standard InChI is InChI=1S/C18H18Cl2N2O4S/c1-12(23)13-4-7-16(8-5-13)27(25,26)22(2)11-18(24)21-10-14-3-6-15(19)9-17(14)20/h3-9H,10-11H2,1-2H3,(H,21,24). The van der Waals surface area contributed by atoms with Gasteiger partial charge in [-0.25, -0.2) is 8.42 Å². The van der Waals surface area contributed by atoms with Gasteiger partial charge in [0.05, 0.1) is 11.4 Å². The first kappa shape index (κ1) is 21.4. The number of hydrogen-bond acceptors (Lipinski definition) is 4. The molecule has 1 N–H and O–H groups in total. The Labute approximate surface area is 168 Å². The number of likely N-dealkylation sites (N-methyl/N-ethyl adjacent to an activating group) is 1. The van der Waals surface area contributed by atoms with Crippen molar-refractivity contribution in [2.45, 2.75) is 18.4 Å². The van der Waals surface area contributed by atoms with E-state index in [0.29, 0.717) is 21.2 Å². The second kappa shape index (κ2) is 8.84. The summed E-state index contributed by atoms with van der Waals surface area (Å²) in [7, 11) is -2.55. The summed E-state index contributed by atoms with van der Waals surface area (Å²) in [4.78, 5) is 23.4. The zero-order valence-corrected chi connectivity index (χ0v) is 17.0. The van der Waals surface area contributed by atoms with E-state index in [1.54, 1.807) is 18.2 Å². The zero-order chi connectivity index (χ0) is 20.2. The molecule has 0 aromatic heterocycles. The van der Waals surface area contributed by atoms with E-state index in [-0.39, 0.29) is 23.8 Å². The molecule has 27 heavy (non-hydrogen) atoms. The number of rotatable bonds is 7. The van der Waals surface area contributed by atoms with Crippen LogP contribution in [0.3, 0.4) is 0 Å².